The van der Waals surface area contributed by atoms with Gasteiger partial charge in [-0.15, -0.1) is 0 Å². The number of rotatable bonds is 6. The molecule has 0 spiro atoms. The Morgan fingerprint density at radius 1 is 1.23 bits per heavy atom. The van der Waals surface area contributed by atoms with Crippen LogP contribution in [0.1, 0.15) is 41.5 Å². The van der Waals surface area contributed by atoms with Crippen molar-refractivity contribution < 1.29 is 9.32 Å². The van der Waals surface area contributed by atoms with Gasteiger partial charge in [-0.3, -0.25) is 9.78 Å². The van der Waals surface area contributed by atoms with Crippen molar-refractivity contribution in [1.82, 2.24) is 30.4 Å². The molecule has 8 nitrogen and oxygen atoms in total. The monoisotopic (exact) mass is 350 g/mol. The highest BCUT2D eigenvalue weighted by Gasteiger charge is 2.25. The average Bonchev–Trinajstić information content (AvgIpc) is 3.39. The molecular formula is C18H18N6O2. The molecule has 0 unspecified atom stereocenters. The van der Waals surface area contributed by atoms with Gasteiger partial charge in [0.2, 0.25) is 5.91 Å². The summed E-state index contributed by atoms with van der Waals surface area (Å²) in [7, 11) is 0. The van der Waals surface area contributed by atoms with E-state index in [2.05, 4.69) is 30.4 Å². The van der Waals surface area contributed by atoms with Gasteiger partial charge in [-0.1, -0.05) is 5.16 Å². The fraction of sp³-hybridized carbons (Fsp3) is 0.333. The highest BCUT2D eigenvalue weighted by Crippen LogP contribution is 2.39. The lowest BCUT2D eigenvalue weighted by atomic mass is 10.1. The molecule has 0 bridgehead atoms. The molecule has 0 saturated heterocycles. The summed E-state index contributed by atoms with van der Waals surface area (Å²) in [4.78, 5) is 28.7. The van der Waals surface area contributed by atoms with Gasteiger partial charge in [-0.05, 0) is 37.5 Å². The van der Waals surface area contributed by atoms with Crippen LogP contribution in [-0.2, 0) is 17.8 Å². The number of nitrogens with one attached hydrogen (secondary N) is 1. The fourth-order valence-electron chi connectivity index (χ4n) is 2.69. The molecule has 0 atom stereocenters. The first-order valence-corrected chi connectivity index (χ1v) is 8.50. The number of aromatic nitrogens is 5. The van der Waals surface area contributed by atoms with Crippen molar-refractivity contribution in [3.8, 4) is 11.5 Å². The van der Waals surface area contributed by atoms with Gasteiger partial charge in [0.05, 0.1) is 24.2 Å². The molecule has 1 aliphatic rings. The highest BCUT2D eigenvalue weighted by atomic mass is 16.5. The van der Waals surface area contributed by atoms with Crippen molar-refractivity contribution >= 4 is 5.91 Å². The Labute approximate surface area is 150 Å². The molecule has 3 aromatic rings. The Kier molecular flexibility index (Phi) is 4.39. The smallest absolute Gasteiger partial charge is 0.259 e. The van der Waals surface area contributed by atoms with E-state index >= 15 is 0 Å². The molecule has 0 aromatic carbocycles. The third kappa shape index (κ3) is 3.74. The molecule has 26 heavy (non-hydrogen) atoms. The van der Waals surface area contributed by atoms with E-state index in [0.29, 0.717) is 17.6 Å². The van der Waals surface area contributed by atoms with E-state index in [4.69, 9.17) is 4.52 Å². The van der Waals surface area contributed by atoms with Crippen molar-refractivity contribution in [2.75, 3.05) is 0 Å². The molecule has 1 N–H and O–H groups in total. The lowest BCUT2D eigenvalue weighted by Crippen LogP contribution is -2.25. The first kappa shape index (κ1) is 16.3. The van der Waals surface area contributed by atoms with Gasteiger partial charge in [0.25, 0.3) is 5.89 Å². The van der Waals surface area contributed by atoms with E-state index < -0.39 is 0 Å². The zero-order valence-corrected chi connectivity index (χ0v) is 14.3. The summed E-state index contributed by atoms with van der Waals surface area (Å²) in [6.07, 6.45) is 7.28. The summed E-state index contributed by atoms with van der Waals surface area (Å²) in [5.74, 6) is 1.28. The average molecular weight is 350 g/mol. The third-order valence-electron chi connectivity index (χ3n) is 4.22. The number of carbonyl (C=O) groups is 1. The van der Waals surface area contributed by atoms with Gasteiger partial charge in [0.15, 0.2) is 5.82 Å². The Bertz CT molecular complexity index is 920. The molecular weight excluding hydrogens is 332 g/mol. The van der Waals surface area contributed by atoms with Gasteiger partial charge in [0.1, 0.15) is 6.33 Å². The van der Waals surface area contributed by atoms with Gasteiger partial charge >= 0.3 is 0 Å². The topological polar surface area (TPSA) is 107 Å². The standard InChI is InChI=1S/C18H18N6O2/c1-11-14(4-5-15(22-11)13-2-3-13)18-23-16(24-26-18)9-21-17(25)6-12-7-19-10-20-8-12/h4-5,7-8,10,13H,2-3,6,9H2,1H3,(H,21,25). The van der Waals surface area contributed by atoms with E-state index in [9.17, 15) is 4.79 Å². The van der Waals surface area contributed by atoms with Crippen molar-refractivity contribution in [3.05, 3.63) is 53.6 Å². The third-order valence-corrected chi connectivity index (χ3v) is 4.22. The van der Waals surface area contributed by atoms with Crippen LogP contribution in [-0.4, -0.2) is 31.0 Å². The predicted octanol–water partition coefficient (Wildman–Crippen LogP) is 1.97. The summed E-state index contributed by atoms with van der Waals surface area (Å²) in [5.41, 5.74) is 3.57. The molecule has 1 saturated carbocycles. The number of amides is 1. The highest BCUT2D eigenvalue weighted by molar-refractivity contribution is 5.78. The van der Waals surface area contributed by atoms with E-state index in [-0.39, 0.29) is 18.9 Å². The summed E-state index contributed by atoms with van der Waals surface area (Å²) < 4.78 is 5.33. The maximum Gasteiger partial charge on any atom is 0.259 e. The van der Waals surface area contributed by atoms with Crippen LogP contribution >= 0.6 is 0 Å². The first-order chi connectivity index (χ1) is 12.7. The largest absolute Gasteiger partial charge is 0.348 e. The lowest BCUT2D eigenvalue weighted by molar-refractivity contribution is -0.120. The SMILES string of the molecule is Cc1nc(C2CC2)ccc1-c1nc(CNC(=O)Cc2cncnc2)no1. The Balaban J connectivity index is 1.38. The minimum Gasteiger partial charge on any atom is -0.348 e. The van der Waals surface area contributed by atoms with Crippen LogP contribution < -0.4 is 5.32 Å². The van der Waals surface area contributed by atoms with Gasteiger partial charge in [-0.2, -0.15) is 4.98 Å². The van der Waals surface area contributed by atoms with Crippen LogP contribution in [0.3, 0.4) is 0 Å². The second-order valence-corrected chi connectivity index (χ2v) is 6.36. The fourth-order valence-corrected chi connectivity index (χ4v) is 2.69. The Hall–Kier alpha value is -3.16. The van der Waals surface area contributed by atoms with Crippen molar-refractivity contribution in [2.45, 2.75) is 38.6 Å². The number of hydrogen-bond acceptors (Lipinski definition) is 7. The normalized spacial score (nSPS) is 13.6. The van der Waals surface area contributed by atoms with Crippen molar-refractivity contribution in [3.63, 3.8) is 0 Å². The minimum absolute atomic E-state index is 0.155. The number of pyridine rings is 1. The first-order valence-electron chi connectivity index (χ1n) is 8.50. The van der Waals surface area contributed by atoms with Crippen LogP contribution in [0.4, 0.5) is 0 Å². The summed E-state index contributed by atoms with van der Waals surface area (Å²) in [6.45, 7) is 2.14. The van der Waals surface area contributed by atoms with Crippen LogP contribution in [0.2, 0.25) is 0 Å². The zero-order chi connectivity index (χ0) is 17.9. The number of nitrogens with zero attached hydrogens (tertiary/aromatic N) is 5. The van der Waals surface area contributed by atoms with Crippen LogP contribution in [0, 0.1) is 6.92 Å². The zero-order valence-electron chi connectivity index (χ0n) is 14.3. The molecule has 1 aliphatic carbocycles. The molecule has 3 heterocycles. The lowest BCUT2D eigenvalue weighted by Gasteiger charge is -2.03. The molecule has 132 valence electrons. The maximum atomic E-state index is 12.0. The van der Waals surface area contributed by atoms with Crippen LogP contribution in [0.15, 0.2) is 35.4 Å². The van der Waals surface area contributed by atoms with Gasteiger partial charge in [0, 0.05) is 24.0 Å². The minimum atomic E-state index is -0.155. The van der Waals surface area contributed by atoms with Crippen molar-refractivity contribution in [2.24, 2.45) is 0 Å². The second-order valence-electron chi connectivity index (χ2n) is 6.36. The maximum absolute atomic E-state index is 12.0. The number of carbonyl (C=O) groups excluding carboxylic acids is 1. The number of hydrogen-bond donors (Lipinski definition) is 1. The van der Waals surface area contributed by atoms with E-state index in [1.807, 2.05) is 19.1 Å². The van der Waals surface area contributed by atoms with Crippen LogP contribution in [0.25, 0.3) is 11.5 Å². The molecule has 1 amide bonds. The van der Waals surface area contributed by atoms with Crippen molar-refractivity contribution in [1.29, 1.82) is 0 Å². The molecule has 1 fully saturated rings. The van der Waals surface area contributed by atoms with Crippen LogP contribution in [0.5, 0.6) is 0 Å². The Morgan fingerprint density at radius 3 is 2.77 bits per heavy atom. The number of aryl methyl sites for hydroxylation is 1. The quantitative estimate of drug-likeness (QED) is 0.724. The summed E-state index contributed by atoms with van der Waals surface area (Å²) >= 11 is 0. The molecule has 3 aromatic heterocycles. The Morgan fingerprint density at radius 2 is 2.04 bits per heavy atom. The van der Waals surface area contributed by atoms with Gasteiger partial charge < -0.3 is 9.84 Å². The summed E-state index contributed by atoms with van der Waals surface area (Å²) in [5, 5.41) is 6.69. The molecule has 0 aliphatic heterocycles. The molecule has 8 heteroatoms. The molecule has 4 rings (SSSR count). The summed E-state index contributed by atoms with van der Waals surface area (Å²) in [6, 6.07) is 3.99. The second kappa shape index (κ2) is 6.99. The van der Waals surface area contributed by atoms with E-state index in [1.54, 1.807) is 12.4 Å². The molecule has 0 radical (unpaired) electrons. The van der Waals surface area contributed by atoms with E-state index in [1.165, 1.54) is 19.2 Å². The van der Waals surface area contributed by atoms with E-state index in [0.717, 1.165) is 22.5 Å². The van der Waals surface area contributed by atoms with Gasteiger partial charge in [-0.25, -0.2) is 9.97 Å². The predicted molar refractivity (Wildman–Crippen MR) is 91.8 cm³/mol.